The first-order valence-corrected chi connectivity index (χ1v) is 10.0. The molecule has 0 aliphatic rings. The first kappa shape index (κ1) is 21.2. The summed E-state index contributed by atoms with van der Waals surface area (Å²) >= 11 is 1.25. The van der Waals surface area contributed by atoms with Gasteiger partial charge in [-0.3, -0.25) is 4.79 Å². The molecule has 0 radical (unpaired) electrons. The minimum absolute atomic E-state index is 0.0564. The lowest BCUT2D eigenvalue weighted by atomic mass is 10.2. The molecule has 0 fully saturated rings. The maximum atomic E-state index is 12.1. The molecule has 0 bridgehead atoms. The highest BCUT2D eigenvalue weighted by Crippen LogP contribution is 2.25. The van der Waals surface area contributed by atoms with Crippen molar-refractivity contribution in [1.29, 1.82) is 0 Å². The normalized spacial score (nSPS) is 11.0. The fourth-order valence-electron chi connectivity index (χ4n) is 2.61. The summed E-state index contributed by atoms with van der Waals surface area (Å²) in [5, 5.41) is 31.9. The average Bonchev–Trinajstić information content (AvgIpc) is 3.16. The van der Waals surface area contributed by atoms with Gasteiger partial charge in [-0.15, -0.1) is 10.2 Å². The first-order valence-electron chi connectivity index (χ1n) is 9.06. The third kappa shape index (κ3) is 5.09. The molecule has 0 saturated heterocycles. The lowest BCUT2D eigenvalue weighted by Crippen LogP contribution is -2.20. The SMILES string of the molecule is CCn1c(SCC(=O)NN=Cc2ccc(O)cc2O)nnc1-c1ccc(OC)cc1. The summed E-state index contributed by atoms with van der Waals surface area (Å²) in [6.45, 7) is 2.63. The fraction of sp³-hybridized carbons (Fsp3) is 0.200. The molecule has 0 aliphatic carbocycles. The molecule has 3 aromatic rings. The van der Waals surface area contributed by atoms with Crippen LogP contribution in [-0.4, -0.2) is 50.0 Å². The van der Waals surface area contributed by atoms with Gasteiger partial charge in [-0.1, -0.05) is 11.8 Å². The molecule has 0 saturated carbocycles. The molecule has 0 aliphatic heterocycles. The number of phenolic OH excluding ortho intramolecular Hbond substituents is 2. The smallest absolute Gasteiger partial charge is 0.250 e. The molecule has 1 amide bonds. The lowest BCUT2D eigenvalue weighted by Gasteiger charge is -2.07. The van der Waals surface area contributed by atoms with Crippen LogP contribution in [-0.2, 0) is 11.3 Å². The van der Waals surface area contributed by atoms with Crippen LogP contribution < -0.4 is 10.2 Å². The van der Waals surface area contributed by atoms with Crippen LogP contribution in [0.4, 0.5) is 0 Å². The zero-order valence-corrected chi connectivity index (χ0v) is 17.3. The predicted octanol–water partition coefficient (Wildman–Crippen LogP) is 2.63. The zero-order chi connectivity index (χ0) is 21.5. The molecule has 3 rings (SSSR count). The topological polar surface area (TPSA) is 122 Å². The summed E-state index contributed by atoms with van der Waals surface area (Å²) in [6, 6.07) is 11.6. The number of ether oxygens (including phenoxy) is 1. The molecular weight excluding hydrogens is 406 g/mol. The van der Waals surface area contributed by atoms with Crippen LogP contribution in [0.15, 0.2) is 52.7 Å². The van der Waals surface area contributed by atoms with Crippen molar-refractivity contribution in [3.8, 4) is 28.6 Å². The number of thioether (sulfide) groups is 1. The van der Waals surface area contributed by atoms with Crippen molar-refractivity contribution in [3.05, 3.63) is 48.0 Å². The Morgan fingerprint density at radius 1 is 1.23 bits per heavy atom. The van der Waals surface area contributed by atoms with Gasteiger partial charge in [-0.2, -0.15) is 5.10 Å². The van der Waals surface area contributed by atoms with E-state index in [9.17, 15) is 15.0 Å². The predicted molar refractivity (Wildman–Crippen MR) is 114 cm³/mol. The van der Waals surface area contributed by atoms with Gasteiger partial charge >= 0.3 is 0 Å². The van der Waals surface area contributed by atoms with E-state index < -0.39 is 0 Å². The minimum atomic E-state index is -0.328. The van der Waals surface area contributed by atoms with Crippen molar-refractivity contribution in [2.24, 2.45) is 5.10 Å². The highest BCUT2D eigenvalue weighted by atomic mass is 32.2. The second kappa shape index (κ2) is 9.79. The number of hydrazone groups is 1. The Labute approximate surface area is 177 Å². The Balaban J connectivity index is 1.60. The molecule has 9 nitrogen and oxygen atoms in total. The molecular formula is C20H21N5O4S. The van der Waals surface area contributed by atoms with Gasteiger partial charge in [0.15, 0.2) is 11.0 Å². The number of hydrogen-bond acceptors (Lipinski definition) is 8. The van der Waals surface area contributed by atoms with Crippen molar-refractivity contribution < 1.29 is 19.7 Å². The Kier molecular flexibility index (Phi) is 6.91. The molecule has 1 heterocycles. The number of aromatic nitrogens is 3. The number of methoxy groups -OCH3 is 1. The molecule has 10 heteroatoms. The monoisotopic (exact) mass is 427 g/mol. The number of aromatic hydroxyl groups is 2. The van der Waals surface area contributed by atoms with E-state index in [2.05, 4.69) is 20.7 Å². The quantitative estimate of drug-likeness (QED) is 0.287. The maximum absolute atomic E-state index is 12.1. The van der Waals surface area contributed by atoms with E-state index in [0.29, 0.717) is 23.1 Å². The van der Waals surface area contributed by atoms with E-state index in [1.165, 1.54) is 36.2 Å². The summed E-state index contributed by atoms with van der Waals surface area (Å²) in [5.74, 6) is 1.05. The molecule has 0 unspecified atom stereocenters. The number of rotatable bonds is 8. The number of nitrogens with one attached hydrogen (secondary N) is 1. The van der Waals surface area contributed by atoms with Gasteiger partial charge in [0.1, 0.15) is 17.2 Å². The minimum Gasteiger partial charge on any atom is -0.508 e. The molecule has 1 aromatic heterocycles. The van der Waals surface area contributed by atoms with E-state index in [0.717, 1.165) is 11.3 Å². The van der Waals surface area contributed by atoms with Gasteiger partial charge in [-0.25, -0.2) is 5.43 Å². The molecule has 3 N–H and O–H groups in total. The van der Waals surface area contributed by atoms with Crippen molar-refractivity contribution >= 4 is 23.9 Å². The van der Waals surface area contributed by atoms with Crippen molar-refractivity contribution in [1.82, 2.24) is 20.2 Å². The highest BCUT2D eigenvalue weighted by molar-refractivity contribution is 7.99. The summed E-state index contributed by atoms with van der Waals surface area (Å²) in [7, 11) is 1.61. The number of hydrogen-bond donors (Lipinski definition) is 3. The number of phenols is 2. The van der Waals surface area contributed by atoms with Crippen molar-refractivity contribution in [2.75, 3.05) is 12.9 Å². The van der Waals surface area contributed by atoms with Gasteiger partial charge in [-0.05, 0) is 43.3 Å². The molecule has 156 valence electrons. The average molecular weight is 427 g/mol. The third-order valence-electron chi connectivity index (χ3n) is 4.12. The fourth-order valence-corrected chi connectivity index (χ4v) is 3.41. The van der Waals surface area contributed by atoms with Gasteiger partial charge in [0.05, 0.1) is 19.1 Å². The van der Waals surface area contributed by atoms with E-state index >= 15 is 0 Å². The number of carbonyl (C=O) groups is 1. The van der Waals surface area contributed by atoms with Crippen LogP contribution in [0.2, 0.25) is 0 Å². The zero-order valence-electron chi connectivity index (χ0n) is 16.4. The second-order valence-electron chi connectivity index (χ2n) is 6.10. The number of benzene rings is 2. The Hall–Kier alpha value is -3.53. The molecule has 30 heavy (non-hydrogen) atoms. The molecule has 0 atom stereocenters. The number of amides is 1. The molecule has 0 spiro atoms. The van der Waals surface area contributed by atoms with Gasteiger partial charge in [0.25, 0.3) is 5.91 Å². The van der Waals surface area contributed by atoms with E-state index in [-0.39, 0.29) is 23.2 Å². The lowest BCUT2D eigenvalue weighted by molar-refractivity contribution is -0.118. The van der Waals surface area contributed by atoms with Crippen LogP contribution in [0.25, 0.3) is 11.4 Å². The standard InChI is InChI=1S/C20H21N5O4S/c1-3-25-19(13-5-8-16(29-2)9-6-13)23-24-20(25)30-12-18(28)22-21-11-14-4-7-15(26)10-17(14)27/h4-11,26-27H,3,12H2,1-2H3,(H,22,28). The Morgan fingerprint density at radius 3 is 2.67 bits per heavy atom. The van der Waals surface area contributed by atoms with E-state index in [1.54, 1.807) is 7.11 Å². The van der Waals surface area contributed by atoms with Crippen molar-refractivity contribution in [2.45, 2.75) is 18.6 Å². The van der Waals surface area contributed by atoms with E-state index in [4.69, 9.17) is 4.74 Å². The van der Waals surface area contributed by atoms with Crippen molar-refractivity contribution in [3.63, 3.8) is 0 Å². The summed E-state index contributed by atoms with van der Waals surface area (Å²) in [5.41, 5.74) is 3.67. The molecule has 2 aromatic carbocycles. The number of nitrogens with zero attached hydrogens (tertiary/aromatic N) is 4. The summed E-state index contributed by atoms with van der Waals surface area (Å²) in [6.07, 6.45) is 1.30. The van der Waals surface area contributed by atoms with Gasteiger partial charge in [0, 0.05) is 23.7 Å². The largest absolute Gasteiger partial charge is 0.508 e. The van der Waals surface area contributed by atoms with Gasteiger partial charge < -0.3 is 19.5 Å². The van der Waals surface area contributed by atoms with Crippen LogP contribution in [0.5, 0.6) is 17.2 Å². The Bertz CT molecular complexity index is 1050. The summed E-state index contributed by atoms with van der Waals surface area (Å²) < 4.78 is 7.10. The Morgan fingerprint density at radius 2 is 2.00 bits per heavy atom. The second-order valence-corrected chi connectivity index (χ2v) is 7.05. The van der Waals surface area contributed by atoms with Crippen LogP contribution >= 0.6 is 11.8 Å². The summed E-state index contributed by atoms with van der Waals surface area (Å²) in [4.78, 5) is 12.1. The van der Waals surface area contributed by atoms with Crippen LogP contribution in [0.3, 0.4) is 0 Å². The maximum Gasteiger partial charge on any atom is 0.250 e. The third-order valence-corrected chi connectivity index (χ3v) is 5.09. The van der Waals surface area contributed by atoms with E-state index in [1.807, 2.05) is 35.8 Å². The van der Waals surface area contributed by atoms with Crippen LogP contribution in [0.1, 0.15) is 12.5 Å². The first-order chi connectivity index (χ1) is 14.5. The highest BCUT2D eigenvalue weighted by Gasteiger charge is 2.14. The van der Waals surface area contributed by atoms with Gasteiger partial charge in [0.2, 0.25) is 0 Å². The number of carbonyl (C=O) groups excluding carboxylic acids is 1. The van der Waals surface area contributed by atoms with Crippen LogP contribution in [0, 0.1) is 0 Å².